The van der Waals surface area contributed by atoms with Crippen LogP contribution in [0.25, 0.3) is 0 Å². The molecule has 1 fully saturated rings. The van der Waals surface area contributed by atoms with Gasteiger partial charge < -0.3 is 14.6 Å². The lowest BCUT2D eigenvalue weighted by Gasteiger charge is -2.02. The molecule has 2 rings (SSSR count). The van der Waals surface area contributed by atoms with Gasteiger partial charge in [-0.15, -0.1) is 0 Å². The lowest BCUT2D eigenvalue weighted by Crippen LogP contribution is -2.25. The van der Waals surface area contributed by atoms with Crippen molar-refractivity contribution in [2.75, 3.05) is 6.61 Å². The summed E-state index contributed by atoms with van der Waals surface area (Å²) in [5.41, 5.74) is 0.822. The Morgan fingerprint density at radius 3 is 3.19 bits per heavy atom. The van der Waals surface area contributed by atoms with Gasteiger partial charge in [-0.3, -0.25) is 4.79 Å². The molecule has 0 saturated heterocycles. The molecule has 1 amide bonds. The lowest BCUT2D eigenvalue weighted by atomic mass is 10.3. The van der Waals surface area contributed by atoms with E-state index in [1.54, 1.807) is 0 Å². The Morgan fingerprint density at radius 2 is 2.56 bits per heavy atom. The molecule has 88 valence electrons. The zero-order chi connectivity index (χ0) is 11.5. The number of carbonyl (C=O) groups excluding carboxylic acids is 1. The van der Waals surface area contributed by atoms with Crippen molar-refractivity contribution in [3.63, 3.8) is 0 Å². The summed E-state index contributed by atoms with van der Waals surface area (Å²) >= 11 is 0. The standard InChI is InChI=1S/C11H16N2O3/c1-3-15-10-5-9(10)11(14)12-6-8-4-7(2)13-16-8/h4,9-10H,3,5-6H2,1-2H3,(H,12,14)/t9-,10+/m1/s1. The monoisotopic (exact) mass is 224 g/mol. The van der Waals surface area contributed by atoms with E-state index in [1.165, 1.54) is 0 Å². The minimum atomic E-state index is 0.0176. The summed E-state index contributed by atoms with van der Waals surface area (Å²) in [4.78, 5) is 11.6. The number of hydrogen-bond donors (Lipinski definition) is 1. The highest BCUT2D eigenvalue weighted by atomic mass is 16.5. The topological polar surface area (TPSA) is 64.4 Å². The molecule has 0 bridgehead atoms. The molecule has 0 radical (unpaired) electrons. The number of aryl methyl sites for hydroxylation is 1. The van der Waals surface area contributed by atoms with E-state index in [4.69, 9.17) is 9.26 Å². The Labute approximate surface area is 94.1 Å². The molecular weight excluding hydrogens is 208 g/mol. The van der Waals surface area contributed by atoms with Gasteiger partial charge in [0.05, 0.1) is 24.3 Å². The maximum atomic E-state index is 11.6. The Hall–Kier alpha value is -1.36. The highest BCUT2D eigenvalue weighted by molar-refractivity contribution is 5.81. The summed E-state index contributed by atoms with van der Waals surface area (Å²) in [6.07, 6.45) is 0.941. The van der Waals surface area contributed by atoms with Gasteiger partial charge in [-0.05, 0) is 20.3 Å². The van der Waals surface area contributed by atoms with E-state index in [9.17, 15) is 4.79 Å². The van der Waals surface area contributed by atoms with Crippen LogP contribution in [0.4, 0.5) is 0 Å². The molecule has 1 N–H and O–H groups in total. The summed E-state index contributed by atoms with van der Waals surface area (Å²) in [5.74, 6) is 0.732. The quantitative estimate of drug-likeness (QED) is 0.811. The summed E-state index contributed by atoms with van der Waals surface area (Å²) in [5, 5.41) is 6.56. The van der Waals surface area contributed by atoms with Crippen molar-refractivity contribution in [1.82, 2.24) is 10.5 Å². The molecule has 1 saturated carbocycles. The maximum absolute atomic E-state index is 11.6. The fourth-order valence-electron chi connectivity index (χ4n) is 1.65. The second-order valence-corrected chi connectivity index (χ2v) is 3.99. The number of hydrogen-bond acceptors (Lipinski definition) is 4. The zero-order valence-corrected chi connectivity index (χ0v) is 9.53. The van der Waals surface area contributed by atoms with Gasteiger partial charge in [0.1, 0.15) is 0 Å². The minimum Gasteiger partial charge on any atom is -0.378 e. The van der Waals surface area contributed by atoms with Crippen molar-refractivity contribution in [2.45, 2.75) is 32.9 Å². The predicted octanol–water partition coefficient (Wildman–Crippen LogP) is 1.02. The van der Waals surface area contributed by atoms with E-state index in [2.05, 4.69) is 10.5 Å². The third kappa shape index (κ3) is 2.61. The van der Waals surface area contributed by atoms with Crippen LogP contribution in [0.5, 0.6) is 0 Å². The van der Waals surface area contributed by atoms with Crippen LogP contribution in [0.1, 0.15) is 24.8 Å². The Bertz CT molecular complexity index is 375. The molecule has 0 aliphatic heterocycles. The molecular formula is C11H16N2O3. The van der Waals surface area contributed by atoms with Crippen LogP contribution in [0, 0.1) is 12.8 Å². The molecule has 1 aliphatic carbocycles. The van der Waals surface area contributed by atoms with Gasteiger partial charge in [0, 0.05) is 12.7 Å². The van der Waals surface area contributed by atoms with Gasteiger partial charge in [0.15, 0.2) is 5.76 Å². The highest BCUT2D eigenvalue weighted by Gasteiger charge is 2.43. The highest BCUT2D eigenvalue weighted by Crippen LogP contribution is 2.33. The van der Waals surface area contributed by atoms with Gasteiger partial charge in [-0.25, -0.2) is 0 Å². The third-order valence-electron chi connectivity index (χ3n) is 2.56. The zero-order valence-electron chi connectivity index (χ0n) is 9.53. The number of nitrogens with one attached hydrogen (secondary N) is 1. The number of carbonyl (C=O) groups is 1. The van der Waals surface area contributed by atoms with Crippen LogP contribution >= 0.6 is 0 Å². The summed E-state index contributed by atoms with van der Waals surface area (Å²) in [6, 6.07) is 1.81. The number of rotatable bonds is 5. The SMILES string of the molecule is CCO[C@H]1C[C@H]1C(=O)NCc1cc(C)no1. The fourth-order valence-corrected chi connectivity index (χ4v) is 1.65. The molecule has 0 spiro atoms. The average Bonchev–Trinajstić information content (AvgIpc) is 2.90. The lowest BCUT2D eigenvalue weighted by molar-refractivity contribution is -0.123. The number of aromatic nitrogens is 1. The number of nitrogens with zero attached hydrogens (tertiary/aromatic N) is 1. The summed E-state index contributed by atoms with van der Waals surface area (Å²) < 4.78 is 10.3. The Morgan fingerprint density at radius 1 is 1.75 bits per heavy atom. The molecule has 1 heterocycles. The van der Waals surface area contributed by atoms with Gasteiger partial charge in [-0.2, -0.15) is 0 Å². The van der Waals surface area contributed by atoms with Crippen LogP contribution in [-0.2, 0) is 16.1 Å². The van der Waals surface area contributed by atoms with Gasteiger partial charge in [0.2, 0.25) is 5.91 Å². The Kier molecular flexibility index (Phi) is 3.24. The normalized spacial score (nSPS) is 23.1. The molecule has 16 heavy (non-hydrogen) atoms. The van der Waals surface area contributed by atoms with Crippen molar-refractivity contribution in [3.05, 3.63) is 17.5 Å². The smallest absolute Gasteiger partial charge is 0.226 e. The second-order valence-electron chi connectivity index (χ2n) is 3.99. The number of ether oxygens (including phenoxy) is 1. The van der Waals surface area contributed by atoms with Crippen molar-refractivity contribution in [3.8, 4) is 0 Å². The average molecular weight is 224 g/mol. The second kappa shape index (κ2) is 4.65. The largest absolute Gasteiger partial charge is 0.378 e. The maximum Gasteiger partial charge on any atom is 0.226 e. The predicted molar refractivity (Wildman–Crippen MR) is 56.6 cm³/mol. The van der Waals surface area contributed by atoms with E-state index in [1.807, 2.05) is 19.9 Å². The van der Waals surface area contributed by atoms with E-state index >= 15 is 0 Å². The van der Waals surface area contributed by atoms with Crippen molar-refractivity contribution in [1.29, 1.82) is 0 Å². The fraction of sp³-hybridized carbons (Fsp3) is 0.636. The van der Waals surface area contributed by atoms with Crippen LogP contribution in [0.3, 0.4) is 0 Å². The van der Waals surface area contributed by atoms with Crippen LogP contribution in [0.15, 0.2) is 10.6 Å². The van der Waals surface area contributed by atoms with Gasteiger partial charge in [-0.1, -0.05) is 5.16 Å². The van der Waals surface area contributed by atoms with Crippen LogP contribution in [0.2, 0.25) is 0 Å². The van der Waals surface area contributed by atoms with Crippen molar-refractivity contribution >= 4 is 5.91 Å². The van der Waals surface area contributed by atoms with E-state index < -0.39 is 0 Å². The van der Waals surface area contributed by atoms with Gasteiger partial charge in [0.25, 0.3) is 0 Å². The van der Waals surface area contributed by atoms with E-state index in [-0.39, 0.29) is 17.9 Å². The van der Waals surface area contributed by atoms with Crippen molar-refractivity contribution in [2.24, 2.45) is 5.92 Å². The molecule has 2 atom stereocenters. The first kappa shape index (κ1) is 11.1. The molecule has 5 nitrogen and oxygen atoms in total. The first-order valence-electron chi connectivity index (χ1n) is 5.52. The minimum absolute atomic E-state index is 0.0176. The first-order chi connectivity index (χ1) is 7.70. The molecule has 5 heteroatoms. The summed E-state index contributed by atoms with van der Waals surface area (Å²) in [7, 11) is 0. The molecule has 0 aromatic carbocycles. The van der Waals surface area contributed by atoms with Gasteiger partial charge >= 0.3 is 0 Å². The third-order valence-corrected chi connectivity index (χ3v) is 2.56. The van der Waals surface area contributed by atoms with E-state index in [0.29, 0.717) is 18.9 Å². The summed E-state index contributed by atoms with van der Waals surface area (Å²) in [6.45, 7) is 4.84. The van der Waals surface area contributed by atoms with Crippen LogP contribution < -0.4 is 5.32 Å². The molecule has 1 aromatic rings. The molecule has 1 aliphatic rings. The first-order valence-corrected chi connectivity index (χ1v) is 5.52. The Balaban J connectivity index is 1.73. The molecule has 0 unspecified atom stereocenters. The van der Waals surface area contributed by atoms with Crippen molar-refractivity contribution < 1.29 is 14.1 Å². The van der Waals surface area contributed by atoms with E-state index in [0.717, 1.165) is 12.1 Å². The van der Waals surface area contributed by atoms with Crippen LogP contribution in [-0.4, -0.2) is 23.8 Å². The molecule has 1 aromatic heterocycles. The number of amides is 1.